The molecule has 0 fully saturated rings. The zero-order chi connectivity index (χ0) is 41.0. The van der Waals surface area contributed by atoms with E-state index in [1.165, 1.54) is 0 Å². The van der Waals surface area contributed by atoms with E-state index >= 15 is 0 Å². The first-order valence-corrected chi connectivity index (χ1v) is 20.7. The minimum atomic E-state index is 0.655. The molecule has 4 aromatic heterocycles. The topological polar surface area (TPSA) is 65.0 Å². The number of hydrogen-bond acceptors (Lipinski definition) is 5. The summed E-state index contributed by atoms with van der Waals surface area (Å²) in [5.41, 5.74) is 16.7. The Bertz CT molecular complexity index is 3480. The van der Waals surface area contributed by atoms with Crippen LogP contribution in [0.15, 0.2) is 221 Å². The molecule has 0 bridgehead atoms. The van der Waals surface area contributed by atoms with Crippen molar-refractivity contribution in [3.8, 4) is 78.5 Å². The number of hydrogen-bond donors (Lipinski definition) is 0. The Morgan fingerprint density at radius 2 is 0.710 bits per heavy atom. The average Bonchev–Trinajstić information content (AvgIpc) is 3.92. The van der Waals surface area contributed by atoms with Gasteiger partial charge in [-0.2, -0.15) is 0 Å². The summed E-state index contributed by atoms with van der Waals surface area (Å²) in [6, 6.07) is 71.6. The summed E-state index contributed by atoms with van der Waals surface area (Å²) < 4.78 is 12.5. The van der Waals surface area contributed by atoms with Crippen LogP contribution in [0, 0.1) is 0 Å². The summed E-state index contributed by atoms with van der Waals surface area (Å²) in [6.07, 6.45) is 1.82. The number of pyridine rings is 1. The molecule has 0 aliphatic carbocycles. The van der Waals surface area contributed by atoms with Crippen molar-refractivity contribution in [3.05, 3.63) is 212 Å². The summed E-state index contributed by atoms with van der Waals surface area (Å²) in [4.78, 5) is 15.0. The van der Waals surface area contributed by atoms with E-state index in [1.54, 1.807) is 0 Å². The fraction of sp³-hybridized carbons (Fsp3) is 0. The van der Waals surface area contributed by atoms with Gasteiger partial charge in [0.05, 0.1) is 17.1 Å². The molecule has 4 heterocycles. The molecule has 62 heavy (non-hydrogen) atoms. The summed E-state index contributed by atoms with van der Waals surface area (Å²) in [5, 5.41) is 4.36. The van der Waals surface area contributed by atoms with Crippen LogP contribution in [-0.2, 0) is 0 Å². The lowest BCUT2D eigenvalue weighted by Crippen LogP contribution is -1.96. The first-order chi connectivity index (χ1) is 30.7. The largest absolute Gasteiger partial charge is 0.456 e. The first kappa shape index (κ1) is 35.5. The van der Waals surface area contributed by atoms with Gasteiger partial charge in [-0.3, -0.25) is 4.98 Å². The fourth-order valence-electron chi connectivity index (χ4n) is 8.58. The van der Waals surface area contributed by atoms with Gasteiger partial charge < -0.3 is 8.83 Å². The molecule has 0 saturated heterocycles. The maximum atomic E-state index is 6.23. The van der Waals surface area contributed by atoms with Crippen molar-refractivity contribution in [1.82, 2.24) is 15.0 Å². The highest BCUT2D eigenvalue weighted by Crippen LogP contribution is 2.39. The van der Waals surface area contributed by atoms with Crippen molar-refractivity contribution in [2.24, 2.45) is 0 Å². The smallest absolute Gasteiger partial charge is 0.160 e. The van der Waals surface area contributed by atoms with E-state index in [-0.39, 0.29) is 0 Å². The monoisotopic (exact) mass is 793 g/mol. The molecule has 5 nitrogen and oxygen atoms in total. The number of nitrogens with zero attached hydrogens (tertiary/aromatic N) is 3. The molecule has 0 aliphatic heterocycles. The summed E-state index contributed by atoms with van der Waals surface area (Å²) >= 11 is 0. The Kier molecular flexibility index (Phi) is 8.42. The SMILES string of the molecule is c1ccc(-c2cc(-c3cc(-c4ccc5oc6ccccc6c5c4)cc(-c4ccc5oc6ccccc6c5c4)c3)nc(-c3ccc(-c4ccc(-c5ccccn5)cc4)cc3)n2)cc1. The summed E-state index contributed by atoms with van der Waals surface area (Å²) in [5.74, 6) is 0.655. The molecule has 0 amide bonds. The maximum absolute atomic E-state index is 6.23. The predicted molar refractivity (Wildman–Crippen MR) is 252 cm³/mol. The van der Waals surface area contributed by atoms with Crippen molar-refractivity contribution >= 4 is 43.9 Å². The Hall–Kier alpha value is -8.41. The molecule has 0 unspecified atom stereocenters. The average molecular weight is 794 g/mol. The number of rotatable bonds is 7. The Morgan fingerprint density at radius 1 is 0.258 bits per heavy atom. The lowest BCUT2D eigenvalue weighted by molar-refractivity contribution is 0.668. The van der Waals surface area contributed by atoms with Crippen molar-refractivity contribution < 1.29 is 8.83 Å². The Balaban J connectivity index is 1.00. The molecule has 0 atom stereocenters. The number of furan rings is 2. The summed E-state index contributed by atoms with van der Waals surface area (Å²) in [6.45, 7) is 0. The highest BCUT2D eigenvalue weighted by Gasteiger charge is 2.16. The second-order valence-corrected chi connectivity index (χ2v) is 15.6. The maximum Gasteiger partial charge on any atom is 0.160 e. The molecular weight excluding hydrogens is 759 g/mol. The molecule has 0 saturated carbocycles. The van der Waals surface area contributed by atoms with Crippen LogP contribution in [0.3, 0.4) is 0 Å². The van der Waals surface area contributed by atoms with Gasteiger partial charge in [0.2, 0.25) is 0 Å². The third-order valence-corrected chi connectivity index (χ3v) is 11.8. The Morgan fingerprint density at radius 3 is 1.29 bits per heavy atom. The van der Waals surface area contributed by atoms with E-state index in [2.05, 4.69) is 163 Å². The minimum absolute atomic E-state index is 0.655. The van der Waals surface area contributed by atoms with Crippen molar-refractivity contribution in [1.29, 1.82) is 0 Å². The normalized spacial score (nSPS) is 11.5. The predicted octanol–water partition coefficient (Wildman–Crippen LogP) is 15.3. The molecule has 12 rings (SSSR count). The second kappa shape index (κ2) is 14.7. The highest BCUT2D eigenvalue weighted by atomic mass is 16.3. The molecule has 8 aromatic carbocycles. The first-order valence-electron chi connectivity index (χ1n) is 20.7. The van der Waals surface area contributed by atoms with Crippen molar-refractivity contribution in [2.45, 2.75) is 0 Å². The van der Waals surface area contributed by atoms with E-state index < -0.39 is 0 Å². The number of fused-ring (bicyclic) bond motifs is 6. The van der Waals surface area contributed by atoms with Crippen molar-refractivity contribution in [3.63, 3.8) is 0 Å². The molecular formula is C57H35N3O2. The molecule has 12 aromatic rings. The van der Waals surface area contributed by atoms with E-state index in [1.807, 2.05) is 54.7 Å². The quantitative estimate of drug-likeness (QED) is 0.161. The van der Waals surface area contributed by atoms with Gasteiger partial charge in [-0.15, -0.1) is 0 Å². The molecule has 0 radical (unpaired) electrons. The zero-order valence-corrected chi connectivity index (χ0v) is 33.4. The minimum Gasteiger partial charge on any atom is -0.456 e. The molecule has 290 valence electrons. The van der Waals surface area contributed by atoms with Crippen molar-refractivity contribution in [2.75, 3.05) is 0 Å². The lowest BCUT2D eigenvalue weighted by Gasteiger charge is -2.14. The molecule has 0 spiro atoms. The zero-order valence-electron chi connectivity index (χ0n) is 33.4. The number of aromatic nitrogens is 3. The van der Waals surface area contributed by atoms with Crippen LogP contribution >= 0.6 is 0 Å². The third-order valence-electron chi connectivity index (χ3n) is 11.8. The van der Waals surface area contributed by atoms with Crippen LogP contribution in [0.25, 0.3) is 122 Å². The van der Waals surface area contributed by atoms with Crippen LogP contribution in [0.2, 0.25) is 0 Å². The van der Waals surface area contributed by atoms with Gasteiger partial charge >= 0.3 is 0 Å². The van der Waals surface area contributed by atoms with Gasteiger partial charge in [0, 0.05) is 50.0 Å². The van der Waals surface area contributed by atoms with E-state index in [4.69, 9.17) is 18.8 Å². The number of para-hydroxylation sites is 2. The van der Waals surface area contributed by atoms with E-state index in [9.17, 15) is 0 Å². The number of benzene rings is 8. The molecule has 0 aliphatic rings. The molecule has 5 heteroatoms. The van der Waals surface area contributed by atoms with Gasteiger partial charge in [0.15, 0.2) is 5.82 Å². The summed E-state index contributed by atoms with van der Waals surface area (Å²) in [7, 11) is 0. The fourth-order valence-corrected chi connectivity index (χ4v) is 8.58. The van der Waals surface area contributed by atoms with Gasteiger partial charge in [-0.25, -0.2) is 9.97 Å². The van der Waals surface area contributed by atoms with E-state index in [0.717, 1.165) is 117 Å². The van der Waals surface area contributed by atoms with Gasteiger partial charge in [0.1, 0.15) is 22.3 Å². The van der Waals surface area contributed by atoms with Crippen LogP contribution in [0.4, 0.5) is 0 Å². The lowest BCUT2D eigenvalue weighted by atomic mass is 9.93. The van der Waals surface area contributed by atoms with Gasteiger partial charge in [-0.05, 0) is 106 Å². The highest BCUT2D eigenvalue weighted by molar-refractivity contribution is 6.07. The standard InChI is InChI=1S/C57H35N3O2/c1-2-10-38(11-3-1)51-35-52(60-57(59-51)40-23-19-37(20-24-40)36-17-21-39(22-18-36)50-14-8-9-29-58-50)45-31-43(41-25-27-55-48(33-41)46-12-4-6-15-53(46)61-55)30-44(32-45)42-26-28-56-49(34-42)47-13-5-7-16-54(47)62-56/h1-35H. The van der Waals surface area contributed by atoms with Crippen LogP contribution < -0.4 is 0 Å². The third kappa shape index (κ3) is 6.40. The molecule has 0 N–H and O–H groups in total. The Labute approximate surface area is 357 Å². The van der Waals surface area contributed by atoms with Crippen LogP contribution in [-0.4, -0.2) is 15.0 Å². The second-order valence-electron chi connectivity index (χ2n) is 15.6. The van der Waals surface area contributed by atoms with E-state index in [0.29, 0.717) is 5.82 Å². The van der Waals surface area contributed by atoms with Crippen LogP contribution in [0.1, 0.15) is 0 Å². The van der Waals surface area contributed by atoms with Crippen LogP contribution in [0.5, 0.6) is 0 Å². The van der Waals surface area contributed by atoms with Gasteiger partial charge in [-0.1, -0.05) is 133 Å². The van der Waals surface area contributed by atoms with Gasteiger partial charge in [0.25, 0.3) is 0 Å².